The second kappa shape index (κ2) is 8.46. The van der Waals surface area contributed by atoms with Gasteiger partial charge in [-0.3, -0.25) is 9.69 Å². The van der Waals surface area contributed by atoms with Crippen molar-refractivity contribution in [3.8, 4) is 6.07 Å². The minimum absolute atomic E-state index is 0.0828. The van der Waals surface area contributed by atoms with Crippen molar-refractivity contribution in [2.75, 3.05) is 19.6 Å². The number of nitrogens with zero attached hydrogens (tertiary/aromatic N) is 2. The van der Waals surface area contributed by atoms with Crippen LogP contribution in [0.3, 0.4) is 0 Å². The summed E-state index contributed by atoms with van der Waals surface area (Å²) in [5.74, 6) is 0.563. The lowest BCUT2D eigenvalue weighted by molar-refractivity contribution is -0.120. The normalized spacial score (nSPS) is 17.2. The zero-order valence-corrected chi connectivity index (χ0v) is 14.3. The number of hydrogen-bond donors (Lipinski definition) is 1. The lowest BCUT2D eigenvalue weighted by atomic mass is 10.1. The Hall–Kier alpha value is -2.64. The number of nitrogens with one attached hydrogen (secondary N) is 1. The molecular formula is C21H23N3O. The minimum atomic E-state index is 0.0828. The predicted molar refractivity (Wildman–Crippen MR) is 97.7 cm³/mol. The summed E-state index contributed by atoms with van der Waals surface area (Å²) in [6, 6.07) is 19.8. The van der Waals surface area contributed by atoms with Crippen LogP contribution in [0.25, 0.3) is 0 Å². The molecule has 0 aromatic heterocycles. The molecule has 1 aliphatic rings. The van der Waals surface area contributed by atoms with Crippen molar-refractivity contribution in [2.45, 2.75) is 19.4 Å². The summed E-state index contributed by atoms with van der Waals surface area (Å²) in [4.78, 5) is 14.4. The molecule has 0 aliphatic carbocycles. The Bertz CT molecular complexity index is 751. The van der Waals surface area contributed by atoms with Crippen LogP contribution in [-0.2, 0) is 17.8 Å². The lowest BCUT2D eigenvalue weighted by Gasteiger charge is -2.17. The first kappa shape index (κ1) is 17.2. The number of nitriles is 1. The summed E-state index contributed by atoms with van der Waals surface area (Å²) in [6.45, 7) is 3.50. The van der Waals surface area contributed by atoms with Gasteiger partial charge in [0, 0.05) is 19.6 Å². The van der Waals surface area contributed by atoms with Gasteiger partial charge < -0.3 is 5.32 Å². The Labute approximate surface area is 149 Å². The van der Waals surface area contributed by atoms with E-state index in [0.29, 0.717) is 12.3 Å². The maximum Gasteiger partial charge on any atom is 0.224 e. The van der Waals surface area contributed by atoms with Crippen molar-refractivity contribution in [3.05, 3.63) is 71.3 Å². The van der Waals surface area contributed by atoms with Crippen molar-refractivity contribution in [2.24, 2.45) is 5.92 Å². The molecular weight excluding hydrogens is 310 g/mol. The second-order valence-corrected chi connectivity index (χ2v) is 6.63. The molecule has 25 heavy (non-hydrogen) atoms. The third-order valence-corrected chi connectivity index (χ3v) is 4.70. The van der Waals surface area contributed by atoms with E-state index in [2.05, 4.69) is 16.3 Å². The van der Waals surface area contributed by atoms with Gasteiger partial charge in [-0.15, -0.1) is 0 Å². The lowest BCUT2D eigenvalue weighted by Crippen LogP contribution is -2.32. The standard InChI is InChI=1S/C21H23N3O/c22-13-19-8-4-5-9-20(19)16-24-11-10-18(15-24)14-23-21(25)12-17-6-2-1-3-7-17/h1-9,18H,10-12,14-16H2,(H,23,25). The number of benzene rings is 2. The summed E-state index contributed by atoms with van der Waals surface area (Å²) in [5, 5.41) is 12.3. The van der Waals surface area contributed by atoms with E-state index in [1.807, 2.05) is 54.6 Å². The molecule has 4 nitrogen and oxygen atoms in total. The maximum atomic E-state index is 12.1. The van der Waals surface area contributed by atoms with Crippen LogP contribution in [0.2, 0.25) is 0 Å². The van der Waals surface area contributed by atoms with Gasteiger partial charge in [0.1, 0.15) is 0 Å². The van der Waals surface area contributed by atoms with Gasteiger partial charge in [0.05, 0.1) is 18.1 Å². The quantitative estimate of drug-likeness (QED) is 0.884. The van der Waals surface area contributed by atoms with E-state index in [1.165, 1.54) is 0 Å². The molecule has 1 N–H and O–H groups in total. The molecule has 0 spiro atoms. The summed E-state index contributed by atoms with van der Waals surface area (Å²) in [6.07, 6.45) is 1.52. The van der Waals surface area contributed by atoms with Crippen molar-refractivity contribution < 1.29 is 4.79 Å². The van der Waals surface area contributed by atoms with Crippen LogP contribution in [-0.4, -0.2) is 30.4 Å². The summed E-state index contributed by atoms with van der Waals surface area (Å²) in [5.41, 5.74) is 2.88. The fourth-order valence-electron chi connectivity index (χ4n) is 3.33. The van der Waals surface area contributed by atoms with Gasteiger partial charge in [-0.05, 0) is 36.1 Å². The van der Waals surface area contributed by atoms with Crippen molar-refractivity contribution in [1.29, 1.82) is 5.26 Å². The van der Waals surface area contributed by atoms with Crippen LogP contribution in [0.15, 0.2) is 54.6 Å². The van der Waals surface area contributed by atoms with Crippen molar-refractivity contribution in [1.82, 2.24) is 10.2 Å². The predicted octanol–water partition coefficient (Wildman–Crippen LogP) is 2.74. The number of carbonyl (C=O) groups is 1. The molecule has 1 amide bonds. The van der Waals surface area contributed by atoms with Crippen molar-refractivity contribution >= 4 is 5.91 Å². The number of amides is 1. The molecule has 1 fully saturated rings. The molecule has 128 valence electrons. The fourth-order valence-corrected chi connectivity index (χ4v) is 3.33. The van der Waals surface area contributed by atoms with Crippen LogP contribution in [0.5, 0.6) is 0 Å². The zero-order chi connectivity index (χ0) is 17.5. The van der Waals surface area contributed by atoms with Gasteiger partial charge >= 0.3 is 0 Å². The molecule has 3 rings (SSSR count). The highest BCUT2D eigenvalue weighted by atomic mass is 16.1. The molecule has 1 aliphatic heterocycles. The second-order valence-electron chi connectivity index (χ2n) is 6.63. The van der Waals surface area contributed by atoms with Gasteiger partial charge in [0.25, 0.3) is 0 Å². The fraction of sp³-hybridized carbons (Fsp3) is 0.333. The molecule has 1 heterocycles. The SMILES string of the molecule is N#Cc1ccccc1CN1CCC(CNC(=O)Cc2ccccc2)C1. The van der Waals surface area contributed by atoms with Crippen LogP contribution in [0.1, 0.15) is 23.1 Å². The van der Waals surface area contributed by atoms with Crippen LogP contribution in [0, 0.1) is 17.2 Å². The largest absolute Gasteiger partial charge is 0.355 e. The van der Waals surface area contributed by atoms with Gasteiger partial charge in [-0.1, -0.05) is 48.5 Å². The first-order valence-corrected chi connectivity index (χ1v) is 8.75. The molecule has 1 atom stereocenters. The molecule has 1 unspecified atom stereocenters. The van der Waals surface area contributed by atoms with Crippen molar-refractivity contribution in [3.63, 3.8) is 0 Å². The highest BCUT2D eigenvalue weighted by molar-refractivity contribution is 5.78. The smallest absolute Gasteiger partial charge is 0.224 e. The third-order valence-electron chi connectivity index (χ3n) is 4.70. The molecule has 1 saturated heterocycles. The first-order valence-electron chi connectivity index (χ1n) is 8.75. The Balaban J connectivity index is 1.44. The highest BCUT2D eigenvalue weighted by Gasteiger charge is 2.23. The van der Waals surface area contributed by atoms with Crippen LogP contribution < -0.4 is 5.32 Å². The average Bonchev–Trinajstić information content (AvgIpc) is 3.09. The Kier molecular flexibility index (Phi) is 5.81. The Morgan fingerprint density at radius 1 is 1.16 bits per heavy atom. The molecule has 4 heteroatoms. The highest BCUT2D eigenvalue weighted by Crippen LogP contribution is 2.19. The first-order chi connectivity index (χ1) is 12.2. The van der Waals surface area contributed by atoms with Gasteiger partial charge in [-0.25, -0.2) is 0 Å². The molecule has 0 radical (unpaired) electrons. The summed E-state index contributed by atoms with van der Waals surface area (Å²) >= 11 is 0. The van der Waals surface area contributed by atoms with E-state index >= 15 is 0 Å². The third kappa shape index (κ3) is 4.91. The van der Waals surface area contributed by atoms with Gasteiger partial charge in [-0.2, -0.15) is 5.26 Å². The van der Waals surface area contributed by atoms with Crippen LogP contribution in [0.4, 0.5) is 0 Å². The van der Waals surface area contributed by atoms with E-state index in [4.69, 9.17) is 0 Å². The Morgan fingerprint density at radius 3 is 2.72 bits per heavy atom. The topological polar surface area (TPSA) is 56.1 Å². The monoisotopic (exact) mass is 333 g/mol. The minimum Gasteiger partial charge on any atom is -0.355 e. The molecule has 0 saturated carbocycles. The number of carbonyl (C=O) groups excluding carboxylic acids is 1. The molecule has 2 aromatic carbocycles. The summed E-state index contributed by atoms with van der Waals surface area (Å²) < 4.78 is 0. The number of likely N-dealkylation sites (tertiary alicyclic amines) is 1. The van der Waals surface area contributed by atoms with E-state index in [0.717, 1.165) is 49.3 Å². The van der Waals surface area contributed by atoms with E-state index < -0.39 is 0 Å². The average molecular weight is 333 g/mol. The maximum absolute atomic E-state index is 12.1. The van der Waals surface area contributed by atoms with Crippen LogP contribution >= 0.6 is 0 Å². The van der Waals surface area contributed by atoms with E-state index in [1.54, 1.807) is 0 Å². The number of rotatable bonds is 6. The molecule has 0 bridgehead atoms. The van der Waals surface area contributed by atoms with Gasteiger partial charge in [0.15, 0.2) is 0 Å². The zero-order valence-electron chi connectivity index (χ0n) is 14.3. The number of hydrogen-bond acceptors (Lipinski definition) is 3. The van der Waals surface area contributed by atoms with E-state index in [-0.39, 0.29) is 5.91 Å². The molecule has 2 aromatic rings. The van der Waals surface area contributed by atoms with E-state index in [9.17, 15) is 10.1 Å². The summed E-state index contributed by atoms with van der Waals surface area (Å²) in [7, 11) is 0. The Morgan fingerprint density at radius 2 is 1.92 bits per heavy atom. The van der Waals surface area contributed by atoms with Gasteiger partial charge in [0.2, 0.25) is 5.91 Å².